The van der Waals surface area contributed by atoms with Crippen LogP contribution in [0.1, 0.15) is 39.0 Å². The highest BCUT2D eigenvalue weighted by atomic mass is 35.5. The molecule has 1 aliphatic heterocycles. The molecule has 0 aromatic heterocycles. The van der Waals surface area contributed by atoms with E-state index < -0.39 is 0 Å². The van der Waals surface area contributed by atoms with Crippen molar-refractivity contribution in [2.75, 3.05) is 0 Å². The standard InChI is InChI=1S/C10H19NO.ClH/c1-7-6-10(12)8-4-2-3-5-9(8)11-7;/h7-12H,2-6H2,1H3;1H. The number of halogens is 1. The molecule has 2 fully saturated rings. The minimum Gasteiger partial charge on any atom is -0.393 e. The van der Waals surface area contributed by atoms with Crippen LogP contribution in [0.4, 0.5) is 0 Å². The topological polar surface area (TPSA) is 32.3 Å². The van der Waals surface area contributed by atoms with Crippen molar-refractivity contribution in [1.29, 1.82) is 0 Å². The molecule has 2 N–H and O–H groups in total. The van der Waals surface area contributed by atoms with Crippen LogP contribution in [0.15, 0.2) is 0 Å². The molecule has 4 unspecified atom stereocenters. The Bertz CT molecular complexity index is 165. The SMILES string of the molecule is CC1CC(O)C2CCCCC2N1.Cl. The third-order valence-corrected chi connectivity index (χ3v) is 3.41. The van der Waals surface area contributed by atoms with Crippen LogP contribution in [-0.4, -0.2) is 23.3 Å². The summed E-state index contributed by atoms with van der Waals surface area (Å²) in [5.74, 6) is 0.551. The van der Waals surface area contributed by atoms with Crippen LogP contribution in [0.3, 0.4) is 0 Å². The number of hydrogen-bond donors (Lipinski definition) is 2. The zero-order chi connectivity index (χ0) is 8.55. The number of rotatable bonds is 0. The van der Waals surface area contributed by atoms with E-state index in [1.165, 1.54) is 25.7 Å². The molecule has 1 heterocycles. The van der Waals surface area contributed by atoms with Gasteiger partial charge in [-0.2, -0.15) is 0 Å². The van der Waals surface area contributed by atoms with Crippen molar-refractivity contribution in [3.63, 3.8) is 0 Å². The first-order chi connectivity index (χ1) is 5.77. The summed E-state index contributed by atoms with van der Waals surface area (Å²) in [5.41, 5.74) is 0. The molecule has 2 aliphatic rings. The van der Waals surface area contributed by atoms with Crippen LogP contribution in [0.5, 0.6) is 0 Å². The smallest absolute Gasteiger partial charge is 0.0598 e. The Labute approximate surface area is 86.5 Å². The number of aliphatic hydroxyl groups is 1. The highest BCUT2D eigenvalue weighted by Crippen LogP contribution is 2.32. The molecule has 13 heavy (non-hydrogen) atoms. The maximum absolute atomic E-state index is 9.83. The quantitative estimate of drug-likeness (QED) is 0.631. The van der Waals surface area contributed by atoms with Crippen LogP contribution in [0.2, 0.25) is 0 Å². The van der Waals surface area contributed by atoms with Gasteiger partial charge in [0.1, 0.15) is 0 Å². The molecule has 0 amide bonds. The van der Waals surface area contributed by atoms with E-state index in [1.54, 1.807) is 0 Å². The van der Waals surface area contributed by atoms with Gasteiger partial charge in [-0.05, 0) is 26.2 Å². The number of piperidine rings is 1. The summed E-state index contributed by atoms with van der Waals surface area (Å²) in [5, 5.41) is 13.4. The molecule has 0 radical (unpaired) electrons. The number of nitrogens with one attached hydrogen (secondary N) is 1. The van der Waals surface area contributed by atoms with Gasteiger partial charge in [-0.25, -0.2) is 0 Å². The first kappa shape index (κ1) is 11.3. The van der Waals surface area contributed by atoms with Gasteiger partial charge in [-0.3, -0.25) is 0 Å². The molecule has 3 heteroatoms. The Hall–Kier alpha value is 0.210. The van der Waals surface area contributed by atoms with Crippen LogP contribution in [-0.2, 0) is 0 Å². The maximum atomic E-state index is 9.83. The predicted octanol–water partition coefficient (Wildman–Crippen LogP) is 1.71. The van der Waals surface area contributed by atoms with Gasteiger partial charge in [0.05, 0.1) is 6.10 Å². The Balaban J connectivity index is 0.000000845. The van der Waals surface area contributed by atoms with Crippen LogP contribution in [0, 0.1) is 5.92 Å². The summed E-state index contributed by atoms with van der Waals surface area (Å²) in [6, 6.07) is 1.12. The summed E-state index contributed by atoms with van der Waals surface area (Å²) >= 11 is 0. The normalized spacial score (nSPS) is 44.8. The van der Waals surface area contributed by atoms with Crippen molar-refractivity contribution >= 4 is 12.4 Å². The van der Waals surface area contributed by atoms with Crippen molar-refractivity contribution < 1.29 is 5.11 Å². The molecule has 1 aliphatic carbocycles. The lowest BCUT2D eigenvalue weighted by Crippen LogP contribution is -2.53. The zero-order valence-electron chi connectivity index (χ0n) is 8.20. The van der Waals surface area contributed by atoms with Gasteiger partial charge in [-0.15, -0.1) is 12.4 Å². The predicted molar refractivity (Wildman–Crippen MR) is 56.2 cm³/mol. The third-order valence-electron chi connectivity index (χ3n) is 3.41. The van der Waals surface area contributed by atoms with Gasteiger partial charge in [0.25, 0.3) is 0 Å². The second kappa shape index (κ2) is 4.63. The number of fused-ring (bicyclic) bond motifs is 1. The first-order valence-corrected chi connectivity index (χ1v) is 5.21. The van der Waals surface area contributed by atoms with E-state index in [2.05, 4.69) is 12.2 Å². The second-order valence-corrected chi connectivity index (χ2v) is 4.43. The number of aliphatic hydroxyl groups excluding tert-OH is 1. The minimum absolute atomic E-state index is 0. The van der Waals surface area contributed by atoms with E-state index in [1.807, 2.05) is 0 Å². The fourth-order valence-electron chi connectivity index (χ4n) is 2.80. The molecule has 78 valence electrons. The lowest BCUT2D eigenvalue weighted by Gasteiger charge is -2.42. The lowest BCUT2D eigenvalue weighted by atomic mass is 9.76. The van der Waals surface area contributed by atoms with Crippen LogP contribution >= 0.6 is 12.4 Å². The fraction of sp³-hybridized carbons (Fsp3) is 1.00. The molecule has 2 nitrogen and oxygen atoms in total. The second-order valence-electron chi connectivity index (χ2n) is 4.43. The van der Waals surface area contributed by atoms with E-state index in [4.69, 9.17) is 0 Å². The van der Waals surface area contributed by atoms with E-state index in [0.29, 0.717) is 18.0 Å². The Morgan fingerprint density at radius 2 is 1.92 bits per heavy atom. The van der Waals surface area contributed by atoms with Crippen LogP contribution < -0.4 is 5.32 Å². The summed E-state index contributed by atoms with van der Waals surface area (Å²) in [6.45, 7) is 2.17. The molecule has 4 atom stereocenters. The van der Waals surface area contributed by atoms with Crippen molar-refractivity contribution in [1.82, 2.24) is 5.32 Å². The third kappa shape index (κ3) is 2.36. The monoisotopic (exact) mass is 205 g/mol. The molecular formula is C10H20ClNO. The maximum Gasteiger partial charge on any atom is 0.0598 e. The van der Waals surface area contributed by atoms with Gasteiger partial charge >= 0.3 is 0 Å². The largest absolute Gasteiger partial charge is 0.393 e. The first-order valence-electron chi connectivity index (χ1n) is 5.21. The van der Waals surface area contributed by atoms with Gasteiger partial charge < -0.3 is 10.4 Å². The molecular weight excluding hydrogens is 186 g/mol. The van der Waals surface area contributed by atoms with E-state index >= 15 is 0 Å². The van der Waals surface area contributed by atoms with Crippen molar-refractivity contribution in [3.05, 3.63) is 0 Å². The van der Waals surface area contributed by atoms with Gasteiger partial charge in [-0.1, -0.05) is 12.8 Å². The fourth-order valence-corrected chi connectivity index (χ4v) is 2.80. The molecule has 1 saturated carbocycles. The average molecular weight is 206 g/mol. The number of hydrogen-bond acceptors (Lipinski definition) is 2. The van der Waals surface area contributed by atoms with Crippen molar-refractivity contribution in [2.45, 2.75) is 57.2 Å². The molecule has 0 spiro atoms. The minimum atomic E-state index is -0.0356. The molecule has 0 aromatic carbocycles. The molecule has 0 bridgehead atoms. The van der Waals surface area contributed by atoms with Crippen molar-refractivity contribution in [2.24, 2.45) is 5.92 Å². The summed E-state index contributed by atoms with van der Waals surface area (Å²) in [6.07, 6.45) is 6.06. The highest BCUT2D eigenvalue weighted by Gasteiger charge is 2.35. The lowest BCUT2D eigenvalue weighted by molar-refractivity contribution is 0.0163. The highest BCUT2D eigenvalue weighted by molar-refractivity contribution is 5.85. The van der Waals surface area contributed by atoms with Crippen LogP contribution in [0.25, 0.3) is 0 Å². The van der Waals surface area contributed by atoms with E-state index in [0.717, 1.165) is 6.42 Å². The Morgan fingerprint density at radius 1 is 1.23 bits per heavy atom. The Morgan fingerprint density at radius 3 is 2.69 bits per heavy atom. The van der Waals surface area contributed by atoms with Gasteiger partial charge in [0, 0.05) is 18.0 Å². The van der Waals surface area contributed by atoms with E-state index in [9.17, 15) is 5.11 Å². The average Bonchev–Trinajstić information content (AvgIpc) is 2.04. The van der Waals surface area contributed by atoms with Gasteiger partial charge in [0.2, 0.25) is 0 Å². The summed E-state index contributed by atoms with van der Waals surface area (Å²) in [7, 11) is 0. The zero-order valence-corrected chi connectivity index (χ0v) is 9.02. The molecule has 2 rings (SSSR count). The summed E-state index contributed by atoms with van der Waals surface area (Å²) < 4.78 is 0. The van der Waals surface area contributed by atoms with Gasteiger partial charge in [0.15, 0.2) is 0 Å². The Kier molecular flexibility index (Phi) is 4.02. The van der Waals surface area contributed by atoms with E-state index in [-0.39, 0.29) is 18.5 Å². The molecule has 0 aromatic rings. The summed E-state index contributed by atoms with van der Waals surface area (Å²) in [4.78, 5) is 0. The molecule has 1 saturated heterocycles. The van der Waals surface area contributed by atoms with Crippen molar-refractivity contribution in [3.8, 4) is 0 Å².